The second-order valence-electron chi connectivity index (χ2n) is 4.32. The van der Waals surface area contributed by atoms with Crippen molar-refractivity contribution in [3.63, 3.8) is 0 Å². The minimum Gasteiger partial charge on any atom is -0.493 e. The minimum absolute atomic E-state index is 0.0568. The van der Waals surface area contributed by atoms with E-state index in [-0.39, 0.29) is 6.04 Å². The van der Waals surface area contributed by atoms with E-state index in [4.69, 9.17) is 15.3 Å². The number of nitrogens with two attached hydrogens (primary N) is 1. The van der Waals surface area contributed by atoms with E-state index in [1.165, 1.54) is 0 Å². The zero-order valence-corrected chi connectivity index (χ0v) is 10.3. The van der Waals surface area contributed by atoms with E-state index in [2.05, 4.69) is 10.5 Å². The lowest BCUT2D eigenvalue weighted by molar-refractivity contribution is 0.0522. The van der Waals surface area contributed by atoms with Gasteiger partial charge in [-0.3, -0.25) is 16.0 Å². The normalized spacial score (nSPS) is 19.2. The first-order valence-corrected chi connectivity index (χ1v) is 5.87. The van der Waals surface area contributed by atoms with Gasteiger partial charge in [-0.15, -0.1) is 0 Å². The Morgan fingerprint density at radius 1 is 1.59 bits per heavy atom. The van der Waals surface area contributed by atoms with Gasteiger partial charge in [-0.1, -0.05) is 0 Å². The average Bonchev–Trinajstić information content (AvgIpc) is 2.74. The Morgan fingerprint density at radius 3 is 2.88 bits per heavy atom. The number of aromatic nitrogens is 2. The van der Waals surface area contributed by atoms with Gasteiger partial charge in [0.2, 0.25) is 0 Å². The van der Waals surface area contributed by atoms with Crippen molar-refractivity contribution in [2.75, 3.05) is 20.3 Å². The maximum atomic E-state index is 5.70. The molecule has 0 bridgehead atoms. The van der Waals surface area contributed by atoms with Crippen molar-refractivity contribution in [3.05, 3.63) is 11.9 Å². The summed E-state index contributed by atoms with van der Waals surface area (Å²) < 4.78 is 12.5. The van der Waals surface area contributed by atoms with Crippen LogP contribution in [0.15, 0.2) is 6.20 Å². The van der Waals surface area contributed by atoms with Crippen molar-refractivity contribution in [1.29, 1.82) is 0 Å². The average molecular weight is 240 g/mol. The fourth-order valence-electron chi connectivity index (χ4n) is 2.43. The quantitative estimate of drug-likeness (QED) is 0.587. The van der Waals surface area contributed by atoms with Gasteiger partial charge < -0.3 is 9.47 Å². The molecule has 0 spiro atoms. The maximum Gasteiger partial charge on any atom is 0.161 e. The monoisotopic (exact) mass is 240 g/mol. The first-order valence-electron chi connectivity index (χ1n) is 5.87. The molecule has 96 valence electrons. The highest BCUT2D eigenvalue weighted by molar-refractivity contribution is 5.28. The van der Waals surface area contributed by atoms with E-state index < -0.39 is 0 Å². The van der Waals surface area contributed by atoms with Gasteiger partial charge in [-0.25, -0.2) is 0 Å². The topological polar surface area (TPSA) is 74.3 Å². The second kappa shape index (κ2) is 5.48. The molecule has 1 aromatic rings. The lowest BCUT2D eigenvalue weighted by Crippen LogP contribution is -2.37. The molecule has 0 amide bonds. The number of ether oxygens (including phenoxy) is 2. The van der Waals surface area contributed by atoms with E-state index in [1.807, 2.05) is 11.7 Å². The Bertz CT molecular complexity index is 360. The number of hydrogen-bond donors (Lipinski definition) is 2. The van der Waals surface area contributed by atoms with Crippen LogP contribution >= 0.6 is 0 Å². The molecule has 6 nitrogen and oxygen atoms in total. The summed E-state index contributed by atoms with van der Waals surface area (Å²) >= 11 is 0. The van der Waals surface area contributed by atoms with Gasteiger partial charge in [0.25, 0.3) is 0 Å². The van der Waals surface area contributed by atoms with E-state index in [9.17, 15) is 0 Å². The zero-order valence-electron chi connectivity index (χ0n) is 10.3. The summed E-state index contributed by atoms with van der Waals surface area (Å²) in [5.74, 6) is 6.94. The van der Waals surface area contributed by atoms with Crippen LogP contribution in [0.3, 0.4) is 0 Å². The van der Waals surface area contributed by atoms with Gasteiger partial charge >= 0.3 is 0 Å². The number of hydrazine groups is 1. The number of nitrogens with one attached hydrogen (secondary N) is 1. The van der Waals surface area contributed by atoms with Crippen LogP contribution in [0, 0.1) is 5.92 Å². The Balaban J connectivity index is 2.23. The molecule has 1 aromatic heterocycles. The van der Waals surface area contributed by atoms with Crippen LogP contribution < -0.4 is 16.0 Å². The standard InChI is InChI=1S/C11H20N4O2/c1-15-11(9(16-2)7-13-15)10(14-12)8-3-5-17-6-4-8/h7-8,10,14H,3-6,12H2,1-2H3. The fourth-order valence-corrected chi connectivity index (χ4v) is 2.43. The van der Waals surface area contributed by atoms with Crippen LogP contribution in [0.1, 0.15) is 24.6 Å². The van der Waals surface area contributed by atoms with E-state index >= 15 is 0 Å². The molecule has 1 atom stereocenters. The van der Waals surface area contributed by atoms with Crippen molar-refractivity contribution in [1.82, 2.24) is 15.2 Å². The molecule has 0 radical (unpaired) electrons. The Hall–Kier alpha value is -1.11. The molecule has 0 aromatic carbocycles. The highest BCUT2D eigenvalue weighted by Gasteiger charge is 2.29. The molecule has 17 heavy (non-hydrogen) atoms. The summed E-state index contributed by atoms with van der Waals surface area (Å²) in [4.78, 5) is 0. The van der Waals surface area contributed by atoms with Crippen LogP contribution in [0.25, 0.3) is 0 Å². The van der Waals surface area contributed by atoms with Crippen LogP contribution in [-0.4, -0.2) is 30.1 Å². The molecule has 0 saturated carbocycles. The fraction of sp³-hybridized carbons (Fsp3) is 0.727. The van der Waals surface area contributed by atoms with Crippen molar-refractivity contribution in [2.45, 2.75) is 18.9 Å². The molecule has 3 N–H and O–H groups in total. The Kier molecular flexibility index (Phi) is 3.98. The smallest absolute Gasteiger partial charge is 0.161 e. The molecular weight excluding hydrogens is 220 g/mol. The molecule has 1 aliphatic heterocycles. The summed E-state index contributed by atoms with van der Waals surface area (Å²) in [5.41, 5.74) is 3.90. The number of methoxy groups -OCH3 is 1. The summed E-state index contributed by atoms with van der Waals surface area (Å²) in [6.45, 7) is 1.59. The van der Waals surface area contributed by atoms with Crippen LogP contribution in [0.4, 0.5) is 0 Å². The highest BCUT2D eigenvalue weighted by Crippen LogP contribution is 2.33. The first-order chi connectivity index (χ1) is 8.27. The Labute approximate surface area is 101 Å². The van der Waals surface area contributed by atoms with Gasteiger partial charge in [0.05, 0.1) is 25.0 Å². The van der Waals surface area contributed by atoms with Crippen LogP contribution in [-0.2, 0) is 11.8 Å². The summed E-state index contributed by atoms with van der Waals surface area (Å²) in [7, 11) is 3.56. The second-order valence-corrected chi connectivity index (χ2v) is 4.32. The predicted octanol–water partition coefficient (Wildman–Crippen LogP) is 0.360. The van der Waals surface area contributed by atoms with Gasteiger partial charge in [0, 0.05) is 20.3 Å². The minimum atomic E-state index is 0.0568. The van der Waals surface area contributed by atoms with E-state index in [1.54, 1.807) is 13.3 Å². The SMILES string of the molecule is COc1cnn(C)c1C(NN)C1CCOCC1. The number of hydrogen-bond acceptors (Lipinski definition) is 5. The highest BCUT2D eigenvalue weighted by atomic mass is 16.5. The molecule has 1 aliphatic rings. The number of aryl methyl sites for hydroxylation is 1. The van der Waals surface area contributed by atoms with Gasteiger partial charge in [-0.2, -0.15) is 5.10 Å². The zero-order chi connectivity index (χ0) is 12.3. The maximum absolute atomic E-state index is 5.70. The van der Waals surface area contributed by atoms with Crippen molar-refractivity contribution in [3.8, 4) is 5.75 Å². The number of nitrogens with zero attached hydrogens (tertiary/aromatic N) is 2. The molecular formula is C11H20N4O2. The van der Waals surface area contributed by atoms with Crippen molar-refractivity contribution in [2.24, 2.45) is 18.8 Å². The van der Waals surface area contributed by atoms with Crippen molar-refractivity contribution >= 4 is 0 Å². The molecule has 2 heterocycles. The lowest BCUT2D eigenvalue weighted by Gasteiger charge is -2.30. The van der Waals surface area contributed by atoms with E-state index in [0.717, 1.165) is 37.5 Å². The van der Waals surface area contributed by atoms with Gasteiger partial charge in [0.1, 0.15) is 0 Å². The summed E-state index contributed by atoms with van der Waals surface area (Å²) in [6.07, 6.45) is 3.73. The molecule has 1 fully saturated rings. The first kappa shape index (κ1) is 12.3. The molecule has 1 unspecified atom stereocenters. The van der Waals surface area contributed by atoms with Gasteiger partial charge in [0.15, 0.2) is 5.75 Å². The summed E-state index contributed by atoms with van der Waals surface area (Å²) in [6, 6.07) is 0.0568. The predicted molar refractivity (Wildman–Crippen MR) is 63.4 cm³/mol. The third-order valence-corrected chi connectivity index (χ3v) is 3.38. The largest absolute Gasteiger partial charge is 0.493 e. The number of rotatable bonds is 4. The molecule has 6 heteroatoms. The van der Waals surface area contributed by atoms with Crippen LogP contribution in [0.2, 0.25) is 0 Å². The summed E-state index contributed by atoms with van der Waals surface area (Å²) in [5, 5.41) is 4.22. The molecule has 1 saturated heterocycles. The van der Waals surface area contributed by atoms with E-state index in [0.29, 0.717) is 5.92 Å². The lowest BCUT2D eigenvalue weighted by atomic mass is 9.90. The molecule has 2 rings (SSSR count). The Morgan fingerprint density at radius 2 is 2.29 bits per heavy atom. The van der Waals surface area contributed by atoms with Crippen molar-refractivity contribution < 1.29 is 9.47 Å². The van der Waals surface area contributed by atoms with Crippen LogP contribution in [0.5, 0.6) is 5.75 Å². The third-order valence-electron chi connectivity index (χ3n) is 3.38. The third kappa shape index (κ3) is 2.43. The van der Waals surface area contributed by atoms with Gasteiger partial charge in [-0.05, 0) is 18.8 Å². The molecule has 0 aliphatic carbocycles.